The van der Waals surface area contributed by atoms with Crippen LogP contribution < -0.4 is 10.1 Å². The van der Waals surface area contributed by atoms with Crippen LogP contribution in [0.25, 0.3) is 0 Å². The Morgan fingerprint density at radius 3 is 2.78 bits per heavy atom. The molecule has 1 aliphatic heterocycles. The molecule has 6 heteroatoms. The van der Waals surface area contributed by atoms with Crippen molar-refractivity contribution in [2.75, 3.05) is 19.7 Å². The highest BCUT2D eigenvalue weighted by Crippen LogP contribution is 2.29. The van der Waals surface area contributed by atoms with Crippen LogP contribution in [0.15, 0.2) is 12.1 Å². The van der Waals surface area contributed by atoms with E-state index >= 15 is 0 Å². The van der Waals surface area contributed by atoms with Gasteiger partial charge in [0.25, 0.3) is 0 Å². The lowest BCUT2D eigenvalue weighted by Crippen LogP contribution is -2.33. The first-order valence-electron chi connectivity index (χ1n) is 7.82. The number of ether oxygens (including phenoxy) is 2. The molecule has 4 nitrogen and oxygen atoms in total. The number of piperidine rings is 1. The lowest BCUT2D eigenvalue weighted by atomic mass is 10.0. The van der Waals surface area contributed by atoms with Crippen LogP contribution in [0.1, 0.15) is 44.0 Å². The summed E-state index contributed by atoms with van der Waals surface area (Å²) >= 11 is 6.12. The largest absolute Gasteiger partial charge is 0.492 e. The number of hydrogen-bond acceptors (Lipinski definition) is 4. The van der Waals surface area contributed by atoms with Crippen molar-refractivity contribution in [3.8, 4) is 5.75 Å². The van der Waals surface area contributed by atoms with Crippen LogP contribution in [0.5, 0.6) is 5.75 Å². The molecule has 1 atom stereocenters. The van der Waals surface area contributed by atoms with Crippen LogP contribution in [0.2, 0.25) is 5.02 Å². The summed E-state index contributed by atoms with van der Waals surface area (Å²) in [5.74, 6) is -0.796. The zero-order valence-electron chi connectivity index (χ0n) is 13.7. The maximum Gasteiger partial charge on any atom is 0.341 e. The molecule has 1 aliphatic rings. The van der Waals surface area contributed by atoms with Gasteiger partial charge in [-0.3, -0.25) is 0 Å². The molecule has 23 heavy (non-hydrogen) atoms. The summed E-state index contributed by atoms with van der Waals surface area (Å²) in [5, 5.41) is 3.50. The molecule has 0 radical (unpaired) electrons. The molecule has 128 valence electrons. The van der Waals surface area contributed by atoms with Gasteiger partial charge in [0.05, 0.1) is 17.2 Å². The SMILES string of the molecule is CC(C)(C)OC(=O)c1cc(Cl)c(OCC2CCCNC2)cc1F. The van der Waals surface area contributed by atoms with Gasteiger partial charge in [0.1, 0.15) is 17.2 Å². The Morgan fingerprint density at radius 2 is 2.17 bits per heavy atom. The summed E-state index contributed by atoms with van der Waals surface area (Å²) in [6.07, 6.45) is 2.18. The molecular weight excluding hydrogens is 321 g/mol. The molecule has 0 aromatic heterocycles. The van der Waals surface area contributed by atoms with Gasteiger partial charge in [0.15, 0.2) is 0 Å². The molecule has 1 aromatic carbocycles. The minimum Gasteiger partial charge on any atom is -0.492 e. The minimum absolute atomic E-state index is 0.184. The molecule has 0 aliphatic carbocycles. The first-order chi connectivity index (χ1) is 10.8. The van der Waals surface area contributed by atoms with Gasteiger partial charge >= 0.3 is 5.97 Å². The number of halogens is 2. The van der Waals surface area contributed by atoms with Crippen molar-refractivity contribution < 1.29 is 18.7 Å². The van der Waals surface area contributed by atoms with Crippen molar-refractivity contribution in [2.24, 2.45) is 5.92 Å². The molecule has 0 bridgehead atoms. The fourth-order valence-corrected chi connectivity index (χ4v) is 2.62. The van der Waals surface area contributed by atoms with Crippen molar-refractivity contribution in [1.82, 2.24) is 5.32 Å². The molecule has 0 saturated carbocycles. The maximum absolute atomic E-state index is 14.2. The van der Waals surface area contributed by atoms with E-state index in [9.17, 15) is 9.18 Å². The number of hydrogen-bond donors (Lipinski definition) is 1. The number of carbonyl (C=O) groups is 1. The van der Waals surface area contributed by atoms with E-state index in [2.05, 4.69) is 5.32 Å². The predicted octanol–water partition coefficient (Wildman–Crippen LogP) is 3.81. The zero-order valence-corrected chi connectivity index (χ0v) is 14.5. The topological polar surface area (TPSA) is 47.6 Å². The van der Waals surface area contributed by atoms with E-state index in [1.165, 1.54) is 6.07 Å². The fraction of sp³-hybridized carbons (Fsp3) is 0.588. The number of carbonyl (C=O) groups excluding carboxylic acids is 1. The summed E-state index contributed by atoms with van der Waals surface area (Å²) < 4.78 is 25.0. The van der Waals surface area contributed by atoms with Crippen molar-refractivity contribution in [3.63, 3.8) is 0 Å². The second kappa shape index (κ2) is 7.49. The van der Waals surface area contributed by atoms with Crippen molar-refractivity contribution >= 4 is 17.6 Å². The normalized spacial score (nSPS) is 18.6. The van der Waals surface area contributed by atoms with E-state index in [-0.39, 0.29) is 16.3 Å². The Labute approximate surface area is 141 Å². The number of benzene rings is 1. The maximum atomic E-state index is 14.2. The van der Waals surface area contributed by atoms with Crippen molar-refractivity contribution in [1.29, 1.82) is 0 Å². The zero-order chi connectivity index (χ0) is 17.0. The van der Waals surface area contributed by atoms with Gasteiger partial charge in [-0.2, -0.15) is 0 Å². The number of esters is 1. The quantitative estimate of drug-likeness (QED) is 0.844. The standard InChI is InChI=1S/C17H23ClFNO3/c1-17(2,3)23-16(21)12-7-13(18)15(8-14(12)19)22-10-11-5-4-6-20-9-11/h7-8,11,20H,4-6,9-10H2,1-3H3. The van der Waals surface area contributed by atoms with E-state index in [4.69, 9.17) is 21.1 Å². The molecule has 0 spiro atoms. The molecular formula is C17H23ClFNO3. The Kier molecular flexibility index (Phi) is 5.87. The molecule has 0 amide bonds. The van der Waals surface area contributed by atoms with E-state index in [0.717, 1.165) is 32.0 Å². The van der Waals surface area contributed by atoms with Gasteiger partial charge in [-0.05, 0) is 46.2 Å². The van der Waals surface area contributed by atoms with E-state index in [1.807, 2.05) is 0 Å². The second-order valence-electron chi connectivity index (χ2n) is 6.79. The predicted molar refractivity (Wildman–Crippen MR) is 87.7 cm³/mol. The molecule has 1 unspecified atom stereocenters. The summed E-state index contributed by atoms with van der Waals surface area (Å²) in [5.41, 5.74) is -0.879. The average molecular weight is 344 g/mol. The second-order valence-corrected chi connectivity index (χ2v) is 7.19. The summed E-state index contributed by atoms with van der Waals surface area (Å²) in [4.78, 5) is 12.0. The lowest BCUT2D eigenvalue weighted by molar-refractivity contribution is 0.00646. The first kappa shape index (κ1) is 18.0. The highest BCUT2D eigenvalue weighted by molar-refractivity contribution is 6.32. The minimum atomic E-state index is -0.736. The summed E-state index contributed by atoms with van der Waals surface area (Å²) in [7, 11) is 0. The lowest BCUT2D eigenvalue weighted by Gasteiger charge is -2.23. The van der Waals surface area contributed by atoms with Gasteiger partial charge in [-0.1, -0.05) is 11.6 Å². The van der Waals surface area contributed by atoms with Crippen LogP contribution in [-0.2, 0) is 4.74 Å². The molecule has 1 heterocycles. The van der Waals surface area contributed by atoms with Gasteiger partial charge in [-0.15, -0.1) is 0 Å². The van der Waals surface area contributed by atoms with E-state index in [0.29, 0.717) is 12.5 Å². The third kappa shape index (κ3) is 5.36. The van der Waals surface area contributed by atoms with E-state index in [1.54, 1.807) is 20.8 Å². The average Bonchev–Trinajstić information content (AvgIpc) is 2.47. The molecule has 1 saturated heterocycles. The van der Waals surface area contributed by atoms with E-state index < -0.39 is 17.4 Å². The number of nitrogens with one attached hydrogen (secondary N) is 1. The van der Waals surface area contributed by atoms with Crippen LogP contribution in [0.3, 0.4) is 0 Å². The Balaban J connectivity index is 2.05. The Bertz CT molecular complexity index is 566. The van der Waals surface area contributed by atoms with Crippen LogP contribution in [-0.4, -0.2) is 31.3 Å². The van der Waals surface area contributed by atoms with Gasteiger partial charge in [0, 0.05) is 18.5 Å². The first-order valence-corrected chi connectivity index (χ1v) is 8.20. The molecule has 2 rings (SSSR count). The Morgan fingerprint density at radius 1 is 1.43 bits per heavy atom. The summed E-state index contributed by atoms with van der Waals surface area (Å²) in [6.45, 7) is 7.55. The third-order valence-corrected chi connectivity index (χ3v) is 3.81. The summed E-state index contributed by atoms with van der Waals surface area (Å²) in [6, 6.07) is 2.41. The molecule has 1 N–H and O–H groups in total. The van der Waals surface area contributed by atoms with Gasteiger partial charge in [-0.25, -0.2) is 9.18 Å². The van der Waals surface area contributed by atoms with Crippen LogP contribution in [0.4, 0.5) is 4.39 Å². The van der Waals surface area contributed by atoms with Gasteiger partial charge < -0.3 is 14.8 Å². The van der Waals surface area contributed by atoms with Crippen LogP contribution >= 0.6 is 11.6 Å². The monoisotopic (exact) mass is 343 g/mol. The van der Waals surface area contributed by atoms with Crippen molar-refractivity contribution in [3.05, 3.63) is 28.5 Å². The smallest absolute Gasteiger partial charge is 0.341 e. The van der Waals surface area contributed by atoms with Crippen LogP contribution in [0, 0.1) is 11.7 Å². The highest BCUT2D eigenvalue weighted by atomic mass is 35.5. The highest BCUT2D eigenvalue weighted by Gasteiger charge is 2.23. The van der Waals surface area contributed by atoms with Gasteiger partial charge in [0.2, 0.25) is 0 Å². The third-order valence-electron chi connectivity index (χ3n) is 3.51. The fourth-order valence-electron chi connectivity index (χ4n) is 2.40. The van der Waals surface area contributed by atoms with Crippen molar-refractivity contribution in [2.45, 2.75) is 39.2 Å². The Hall–Kier alpha value is -1.33. The number of rotatable bonds is 4. The molecule has 1 aromatic rings. The molecule has 1 fully saturated rings.